The van der Waals surface area contributed by atoms with E-state index in [0.717, 1.165) is 25.8 Å². The van der Waals surface area contributed by atoms with Gasteiger partial charge >= 0.3 is 0 Å². The number of benzene rings is 1. The molecule has 0 radical (unpaired) electrons. The summed E-state index contributed by atoms with van der Waals surface area (Å²) in [5.41, 5.74) is 6.66. The molecule has 4 heteroatoms. The van der Waals surface area contributed by atoms with Crippen molar-refractivity contribution in [1.29, 1.82) is 0 Å². The first-order valence-corrected chi connectivity index (χ1v) is 7.27. The molecule has 106 valence electrons. The van der Waals surface area contributed by atoms with Crippen LogP contribution in [0.2, 0.25) is 0 Å². The maximum Gasteiger partial charge on any atom is 0.227 e. The fraction of sp³-hybridized carbons (Fsp3) is 0.438. The topological polar surface area (TPSA) is 60.1 Å². The molecule has 3 rings (SSSR count). The number of nitrogens with one attached hydrogen (secondary N) is 1. The Balaban J connectivity index is 1.49. The molecule has 3 N–H and O–H groups in total. The zero-order valence-corrected chi connectivity index (χ0v) is 11.6. The van der Waals surface area contributed by atoms with Crippen molar-refractivity contribution < 1.29 is 4.79 Å². The molecule has 1 aromatic carbocycles. The predicted octanol–water partition coefficient (Wildman–Crippen LogP) is 1.89. The summed E-state index contributed by atoms with van der Waals surface area (Å²) in [6.45, 7) is 2.11. The molecule has 0 saturated heterocycles. The van der Waals surface area contributed by atoms with Gasteiger partial charge in [0.1, 0.15) is 0 Å². The van der Waals surface area contributed by atoms with Crippen molar-refractivity contribution in [3.63, 3.8) is 0 Å². The van der Waals surface area contributed by atoms with Gasteiger partial charge in [-0.15, -0.1) is 0 Å². The van der Waals surface area contributed by atoms with Gasteiger partial charge in [-0.1, -0.05) is 18.2 Å². The molecule has 1 aromatic heterocycles. The summed E-state index contributed by atoms with van der Waals surface area (Å²) in [5, 5.41) is 4.28. The number of amides is 1. The number of aryl methyl sites for hydroxylation is 1. The van der Waals surface area contributed by atoms with Gasteiger partial charge in [-0.25, -0.2) is 0 Å². The van der Waals surface area contributed by atoms with E-state index in [1.54, 1.807) is 0 Å². The van der Waals surface area contributed by atoms with Gasteiger partial charge in [0, 0.05) is 31.3 Å². The molecular formula is C16H21N3O. The van der Waals surface area contributed by atoms with Gasteiger partial charge in [-0.2, -0.15) is 0 Å². The molecule has 0 aliphatic heterocycles. The van der Waals surface area contributed by atoms with Crippen LogP contribution in [0.1, 0.15) is 19.3 Å². The number of fused-ring (bicyclic) bond motifs is 1. The number of hydrogen-bond donors (Lipinski definition) is 2. The Kier molecular flexibility index (Phi) is 3.49. The van der Waals surface area contributed by atoms with E-state index in [4.69, 9.17) is 5.73 Å². The van der Waals surface area contributed by atoms with Crippen molar-refractivity contribution in [1.82, 2.24) is 9.88 Å². The first kappa shape index (κ1) is 13.2. The molecule has 1 aliphatic carbocycles. The van der Waals surface area contributed by atoms with Crippen LogP contribution in [0.25, 0.3) is 10.9 Å². The van der Waals surface area contributed by atoms with Gasteiger partial charge in [0.2, 0.25) is 5.91 Å². The molecule has 1 fully saturated rings. The number of nitrogens with two attached hydrogens (primary N) is 1. The third kappa shape index (κ3) is 2.43. The fourth-order valence-electron chi connectivity index (χ4n) is 2.65. The van der Waals surface area contributed by atoms with E-state index in [-0.39, 0.29) is 11.3 Å². The summed E-state index contributed by atoms with van der Waals surface area (Å²) >= 11 is 0. The smallest absolute Gasteiger partial charge is 0.227 e. The van der Waals surface area contributed by atoms with Crippen LogP contribution in [0.15, 0.2) is 36.5 Å². The van der Waals surface area contributed by atoms with Crippen LogP contribution < -0.4 is 11.1 Å². The second kappa shape index (κ2) is 5.29. The normalized spacial score (nSPS) is 16.2. The van der Waals surface area contributed by atoms with Crippen LogP contribution in [-0.4, -0.2) is 23.6 Å². The van der Waals surface area contributed by atoms with Crippen molar-refractivity contribution in [3.8, 4) is 0 Å². The minimum absolute atomic E-state index is 0.136. The largest absolute Gasteiger partial charge is 0.356 e. The van der Waals surface area contributed by atoms with Gasteiger partial charge in [0.15, 0.2) is 0 Å². The van der Waals surface area contributed by atoms with Crippen LogP contribution in [0.5, 0.6) is 0 Å². The number of nitrogens with zero attached hydrogens (tertiary/aromatic N) is 1. The summed E-state index contributed by atoms with van der Waals surface area (Å²) in [7, 11) is 0. The lowest BCUT2D eigenvalue weighted by atomic mass is 10.1. The zero-order chi connectivity index (χ0) is 14.0. The number of rotatable bonds is 6. The van der Waals surface area contributed by atoms with Crippen molar-refractivity contribution in [2.24, 2.45) is 11.1 Å². The van der Waals surface area contributed by atoms with Crippen molar-refractivity contribution >= 4 is 16.8 Å². The van der Waals surface area contributed by atoms with E-state index in [2.05, 4.69) is 46.4 Å². The third-order valence-electron chi connectivity index (χ3n) is 4.27. The number of carbonyl (C=O) groups is 1. The van der Waals surface area contributed by atoms with Crippen molar-refractivity contribution in [2.45, 2.75) is 25.8 Å². The standard InChI is InChI=1S/C16H21N3O/c17-12-16(7-8-16)15(20)18-9-3-10-19-11-6-13-4-1-2-5-14(13)19/h1-2,4-6,11H,3,7-10,12,17H2,(H,18,20). The highest BCUT2D eigenvalue weighted by molar-refractivity contribution is 5.85. The summed E-state index contributed by atoms with van der Waals surface area (Å²) in [5.74, 6) is 0.136. The molecule has 0 atom stereocenters. The lowest BCUT2D eigenvalue weighted by Crippen LogP contribution is -2.37. The van der Waals surface area contributed by atoms with Gasteiger partial charge in [-0.05, 0) is 36.8 Å². The average Bonchev–Trinajstić information content (AvgIpc) is 3.19. The highest BCUT2D eigenvalue weighted by Crippen LogP contribution is 2.44. The molecule has 0 unspecified atom stereocenters. The molecule has 1 saturated carbocycles. The maximum atomic E-state index is 11.9. The van der Waals surface area contributed by atoms with Gasteiger partial charge in [-0.3, -0.25) is 4.79 Å². The monoisotopic (exact) mass is 271 g/mol. The fourth-order valence-corrected chi connectivity index (χ4v) is 2.65. The molecule has 4 nitrogen and oxygen atoms in total. The van der Waals surface area contributed by atoms with E-state index in [0.29, 0.717) is 13.1 Å². The SMILES string of the molecule is NCC1(C(=O)NCCCn2ccc3ccccc32)CC1. The van der Waals surface area contributed by atoms with E-state index in [1.807, 2.05) is 0 Å². The summed E-state index contributed by atoms with van der Waals surface area (Å²) in [6, 6.07) is 10.5. The van der Waals surface area contributed by atoms with Crippen LogP contribution in [0.3, 0.4) is 0 Å². The third-order valence-corrected chi connectivity index (χ3v) is 4.27. The number of carbonyl (C=O) groups excluding carboxylic acids is 1. The summed E-state index contributed by atoms with van der Waals surface area (Å²) < 4.78 is 2.23. The van der Waals surface area contributed by atoms with E-state index in [1.165, 1.54) is 10.9 Å². The van der Waals surface area contributed by atoms with Crippen LogP contribution in [0, 0.1) is 5.41 Å². The van der Waals surface area contributed by atoms with E-state index >= 15 is 0 Å². The molecular weight excluding hydrogens is 250 g/mol. The second-order valence-electron chi connectivity index (χ2n) is 5.66. The maximum absolute atomic E-state index is 11.9. The van der Waals surface area contributed by atoms with Crippen molar-refractivity contribution in [3.05, 3.63) is 36.5 Å². The first-order chi connectivity index (χ1) is 9.75. The summed E-state index contributed by atoms with van der Waals surface area (Å²) in [6.07, 6.45) is 4.93. The van der Waals surface area contributed by atoms with Crippen LogP contribution in [0.4, 0.5) is 0 Å². The molecule has 1 aliphatic rings. The van der Waals surface area contributed by atoms with Gasteiger partial charge < -0.3 is 15.6 Å². The Bertz CT molecular complexity index is 613. The molecule has 1 heterocycles. The quantitative estimate of drug-likeness (QED) is 0.788. The van der Waals surface area contributed by atoms with E-state index < -0.39 is 0 Å². The lowest BCUT2D eigenvalue weighted by Gasteiger charge is -2.13. The highest BCUT2D eigenvalue weighted by Gasteiger charge is 2.48. The predicted molar refractivity (Wildman–Crippen MR) is 80.3 cm³/mol. The Morgan fingerprint density at radius 1 is 1.30 bits per heavy atom. The molecule has 20 heavy (non-hydrogen) atoms. The van der Waals surface area contributed by atoms with Gasteiger partial charge in [0.05, 0.1) is 5.41 Å². The molecule has 2 aromatic rings. The molecule has 1 amide bonds. The minimum atomic E-state index is -0.236. The van der Waals surface area contributed by atoms with Gasteiger partial charge in [0.25, 0.3) is 0 Å². The Morgan fingerprint density at radius 2 is 2.10 bits per heavy atom. The number of para-hydroxylation sites is 1. The Hall–Kier alpha value is -1.81. The Labute approximate surface area is 118 Å². The molecule has 0 spiro atoms. The lowest BCUT2D eigenvalue weighted by molar-refractivity contribution is -0.125. The number of aromatic nitrogens is 1. The second-order valence-corrected chi connectivity index (χ2v) is 5.66. The molecule has 0 bridgehead atoms. The Morgan fingerprint density at radius 3 is 2.85 bits per heavy atom. The number of hydrogen-bond acceptors (Lipinski definition) is 2. The van der Waals surface area contributed by atoms with Crippen LogP contribution in [-0.2, 0) is 11.3 Å². The first-order valence-electron chi connectivity index (χ1n) is 7.27. The van der Waals surface area contributed by atoms with E-state index in [9.17, 15) is 4.79 Å². The van der Waals surface area contributed by atoms with Crippen molar-refractivity contribution in [2.75, 3.05) is 13.1 Å². The highest BCUT2D eigenvalue weighted by atomic mass is 16.2. The minimum Gasteiger partial charge on any atom is -0.356 e. The summed E-state index contributed by atoms with van der Waals surface area (Å²) in [4.78, 5) is 11.9. The zero-order valence-electron chi connectivity index (χ0n) is 11.6. The van der Waals surface area contributed by atoms with Crippen LogP contribution >= 0.6 is 0 Å². The average molecular weight is 271 g/mol.